The predicted molar refractivity (Wildman–Crippen MR) is 71.3 cm³/mol. The minimum absolute atomic E-state index is 0.261. The summed E-state index contributed by atoms with van der Waals surface area (Å²) in [6.07, 6.45) is -0.173. The van der Waals surface area contributed by atoms with Crippen LogP contribution < -0.4 is 10.6 Å². The van der Waals surface area contributed by atoms with Crippen molar-refractivity contribution in [2.45, 2.75) is 24.9 Å². The van der Waals surface area contributed by atoms with E-state index in [1.807, 2.05) is 0 Å². The largest absolute Gasteiger partial charge is 0.481 e. The zero-order valence-corrected chi connectivity index (χ0v) is 11.2. The number of carbonyl (C=O) groups is 3. The maximum Gasteiger partial charge on any atom is 0.305 e. The van der Waals surface area contributed by atoms with Crippen LogP contribution in [0.1, 0.15) is 12.0 Å². The Kier molecular flexibility index (Phi) is 4.24. The van der Waals surface area contributed by atoms with E-state index < -0.39 is 36.3 Å². The molecule has 0 saturated carbocycles. The first-order valence-electron chi connectivity index (χ1n) is 6.03. The number of carbonyl (C=O) groups excluding carboxylic acids is 2. The summed E-state index contributed by atoms with van der Waals surface area (Å²) in [5, 5.41) is 14.1. The molecule has 2 rings (SSSR count). The molecule has 1 saturated heterocycles. The van der Waals surface area contributed by atoms with Crippen molar-refractivity contribution in [1.82, 2.24) is 10.6 Å². The van der Waals surface area contributed by atoms with Crippen molar-refractivity contribution in [3.63, 3.8) is 0 Å². The number of piperazine rings is 1. The quantitative estimate of drug-likeness (QED) is 0.746. The van der Waals surface area contributed by atoms with Crippen molar-refractivity contribution < 1.29 is 19.5 Å². The Morgan fingerprint density at radius 2 is 1.75 bits per heavy atom. The number of carboxylic acids is 1. The van der Waals surface area contributed by atoms with Crippen molar-refractivity contribution in [3.05, 3.63) is 34.9 Å². The third kappa shape index (κ3) is 3.27. The second-order valence-electron chi connectivity index (χ2n) is 4.52. The molecular weight excluding hydrogens is 284 g/mol. The van der Waals surface area contributed by atoms with E-state index in [2.05, 4.69) is 10.6 Å². The van der Waals surface area contributed by atoms with E-state index >= 15 is 0 Å². The highest BCUT2D eigenvalue weighted by atomic mass is 35.5. The molecule has 1 heterocycles. The van der Waals surface area contributed by atoms with Crippen LogP contribution >= 0.6 is 11.6 Å². The van der Waals surface area contributed by atoms with Gasteiger partial charge in [0.1, 0.15) is 12.1 Å². The summed E-state index contributed by atoms with van der Waals surface area (Å²) in [4.78, 5) is 34.2. The molecule has 6 nitrogen and oxygen atoms in total. The molecule has 0 bridgehead atoms. The number of hydrogen-bond acceptors (Lipinski definition) is 3. The summed E-state index contributed by atoms with van der Waals surface area (Å²) in [5.41, 5.74) is 0.742. The molecule has 1 fully saturated rings. The Labute approximate surface area is 120 Å². The third-order valence-electron chi connectivity index (χ3n) is 3.03. The smallest absolute Gasteiger partial charge is 0.305 e. The van der Waals surface area contributed by atoms with Crippen molar-refractivity contribution in [2.24, 2.45) is 0 Å². The highest BCUT2D eigenvalue weighted by Crippen LogP contribution is 2.17. The van der Waals surface area contributed by atoms with Gasteiger partial charge in [0.25, 0.3) is 0 Å². The minimum atomic E-state index is -1.14. The van der Waals surface area contributed by atoms with Gasteiger partial charge in [-0.1, -0.05) is 29.8 Å². The van der Waals surface area contributed by atoms with Gasteiger partial charge in [0.15, 0.2) is 0 Å². The van der Waals surface area contributed by atoms with Crippen LogP contribution in [0.4, 0.5) is 0 Å². The summed E-state index contributed by atoms with van der Waals surface area (Å²) in [5.74, 6) is -2.05. The topological polar surface area (TPSA) is 95.5 Å². The Morgan fingerprint density at radius 3 is 2.40 bits per heavy atom. The predicted octanol–water partition coefficient (Wildman–Crippen LogP) is 0.340. The number of amides is 2. The van der Waals surface area contributed by atoms with Crippen LogP contribution in [-0.4, -0.2) is 35.0 Å². The number of benzene rings is 1. The van der Waals surface area contributed by atoms with E-state index in [4.69, 9.17) is 16.7 Å². The Bertz CT molecular complexity index is 561. The van der Waals surface area contributed by atoms with Gasteiger partial charge in [-0.2, -0.15) is 0 Å². The number of hydrogen-bond donors (Lipinski definition) is 3. The first-order valence-corrected chi connectivity index (χ1v) is 6.41. The van der Waals surface area contributed by atoms with Crippen LogP contribution in [0, 0.1) is 0 Å². The van der Waals surface area contributed by atoms with Gasteiger partial charge in [-0.3, -0.25) is 14.4 Å². The molecule has 1 aliphatic heterocycles. The van der Waals surface area contributed by atoms with E-state index in [1.165, 1.54) is 0 Å². The molecule has 1 aliphatic rings. The molecule has 2 atom stereocenters. The van der Waals surface area contributed by atoms with Crippen LogP contribution in [0.25, 0.3) is 0 Å². The van der Waals surface area contributed by atoms with Crippen LogP contribution in [-0.2, 0) is 20.8 Å². The van der Waals surface area contributed by atoms with Gasteiger partial charge in [-0.15, -0.1) is 0 Å². The lowest BCUT2D eigenvalue weighted by molar-refractivity contribution is -0.143. The molecule has 0 radical (unpaired) electrons. The van der Waals surface area contributed by atoms with Gasteiger partial charge in [-0.05, 0) is 11.6 Å². The molecular formula is C13H13ClN2O4. The highest BCUT2D eigenvalue weighted by Gasteiger charge is 2.34. The Morgan fingerprint density at radius 1 is 1.15 bits per heavy atom. The first kappa shape index (κ1) is 14.3. The molecule has 0 aromatic heterocycles. The molecule has 1 aromatic carbocycles. The Balaban J connectivity index is 2.05. The summed E-state index contributed by atoms with van der Waals surface area (Å²) in [6, 6.07) is 5.26. The number of nitrogens with one attached hydrogen (secondary N) is 2. The van der Waals surface area contributed by atoms with Crippen molar-refractivity contribution >= 4 is 29.4 Å². The standard InChI is InChI=1S/C13H13ClN2O4/c14-8-4-2-1-3-7(8)5-9-12(19)16-10(6-11(17)18)13(20)15-9/h1-4,9-10H,5-6H2,(H,15,20)(H,16,19)(H,17,18)/t9?,10-/m0/s1. The van der Waals surface area contributed by atoms with E-state index in [0.29, 0.717) is 5.02 Å². The monoisotopic (exact) mass is 296 g/mol. The molecule has 2 amide bonds. The zero-order chi connectivity index (χ0) is 14.7. The first-order chi connectivity index (χ1) is 9.47. The van der Waals surface area contributed by atoms with E-state index in [9.17, 15) is 14.4 Å². The Hall–Kier alpha value is -2.08. The van der Waals surface area contributed by atoms with Crippen LogP contribution in [0.2, 0.25) is 5.02 Å². The van der Waals surface area contributed by atoms with Gasteiger partial charge in [0.2, 0.25) is 11.8 Å². The van der Waals surface area contributed by atoms with Crippen LogP contribution in [0.5, 0.6) is 0 Å². The van der Waals surface area contributed by atoms with E-state index in [0.717, 1.165) is 5.56 Å². The van der Waals surface area contributed by atoms with Gasteiger partial charge in [0.05, 0.1) is 6.42 Å². The molecule has 7 heteroatoms. The number of aliphatic carboxylic acids is 1. The summed E-state index contributed by atoms with van der Waals surface area (Å²) >= 11 is 6.00. The second-order valence-corrected chi connectivity index (χ2v) is 4.92. The van der Waals surface area contributed by atoms with E-state index in [-0.39, 0.29) is 6.42 Å². The van der Waals surface area contributed by atoms with Crippen LogP contribution in [0.3, 0.4) is 0 Å². The van der Waals surface area contributed by atoms with Crippen molar-refractivity contribution in [2.75, 3.05) is 0 Å². The van der Waals surface area contributed by atoms with Crippen molar-refractivity contribution in [1.29, 1.82) is 0 Å². The fourth-order valence-corrected chi connectivity index (χ4v) is 2.23. The summed E-state index contributed by atoms with van der Waals surface area (Å²) < 4.78 is 0. The second kappa shape index (κ2) is 5.92. The minimum Gasteiger partial charge on any atom is -0.481 e. The molecule has 0 spiro atoms. The summed E-state index contributed by atoms with van der Waals surface area (Å²) in [7, 11) is 0. The van der Waals surface area contributed by atoms with Crippen molar-refractivity contribution in [3.8, 4) is 0 Å². The molecule has 1 unspecified atom stereocenters. The molecule has 0 aliphatic carbocycles. The van der Waals surface area contributed by atoms with Gasteiger partial charge in [0, 0.05) is 11.4 Å². The summed E-state index contributed by atoms with van der Waals surface area (Å²) in [6.45, 7) is 0. The van der Waals surface area contributed by atoms with Crippen LogP contribution in [0.15, 0.2) is 24.3 Å². The fourth-order valence-electron chi connectivity index (χ4n) is 2.02. The normalized spacial score (nSPS) is 22.1. The molecule has 1 aromatic rings. The number of rotatable bonds is 4. The number of halogens is 1. The van der Waals surface area contributed by atoms with Gasteiger partial charge in [-0.25, -0.2) is 0 Å². The molecule has 20 heavy (non-hydrogen) atoms. The third-order valence-corrected chi connectivity index (χ3v) is 3.40. The average Bonchev–Trinajstić information content (AvgIpc) is 2.37. The number of carboxylic acid groups (broad SMARTS) is 1. The van der Waals surface area contributed by atoms with Gasteiger partial charge < -0.3 is 15.7 Å². The maximum atomic E-state index is 11.9. The lowest BCUT2D eigenvalue weighted by Gasteiger charge is -2.29. The molecule has 3 N–H and O–H groups in total. The lowest BCUT2D eigenvalue weighted by atomic mass is 10.0. The van der Waals surface area contributed by atoms with Gasteiger partial charge >= 0.3 is 5.97 Å². The highest BCUT2D eigenvalue weighted by molar-refractivity contribution is 6.31. The fraction of sp³-hybridized carbons (Fsp3) is 0.308. The average molecular weight is 297 g/mol. The SMILES string of the molecule is O=C(O)C[C@@H]1NC(=O)C(Cc2ccccc2Cl)NC1=O. The lowest BCUT2D eigenvalue weighted by Crippen LogP contribution is -2.62. The molecule has 106 valence electrons. The zero-order valence-electron chi connectivity index (χ0n) is 10.4. The maximum absolute atomic E-state index is 11.9. The van der Waals surface area contributed by atoms with E-state index in [1.54, 1.807) is 24.3 Å².